The molecule has 2 heterocycles. The Morgan fingerprint density at radius 2 is 1.84 bits per heavy atom. The van der Waals surface area contributed by atoms with Crippen molar-refractivity contribution in [3.63, 3.8) is 0 Å². The molecular weight excluding hydrogens is 264 g/mol. The molecule has 0 radical (unpaired) electrons. The average molecular weight is 290 g/mol. The van der Waals surface area contributed by atoms with Gasteiger partial charge in [-0.2, -0.15) is 0 Å². The molecule has 112 valence electrons. The summed E-state index contributed by atoms with van der Waals surface area (Å²) in [4.78, 5) is 0. The van der Waals surface area contributed by atoms with Crippen LogP contribution in [0.25, 0.3) is 0 Å². The summed E-state index contributed by atoms with van der Waals surface area (Å²) in [6.07, 6.45) is 5.72. The average Bonchev–Trinajstić information content (AvgIpc) is 2.39. The van der Waals surface area contributed by atoms with Gasteiger partial charge >= 0.3 is 0 Å². The molecule has 0 spiro atoms. The number of hydrogen-bond acceptors (Lipinski definition) is 4. The van der Waals surface area contributed by atoms with Gasteiger partial charge in [-0.1, -0.05) is 0 Å². The van der Waals surface area contributed by atoms with Crippen LogP contribution < -0.4 is 5.32 Å². The molecule has 1 atom stereocenters. The Balaban J connectivity index is 1.67. The van der Waals surface area contributed by atoms with E-state index in [0.717, 1.165) is 57.9 Å². The van der Waals surface area contributed by atoms with E-state index in [1.807, 2.05) is 0 Å². The molecule has 0 aromatic carbocycles. The first-order chi connectivity index (χ1) is 9.05. The van der Waals surface area contributed by atoms with E-state index in [-0.39, 0.29) is 0 Å². The Morgan fingerprint density at radius 3 is 2.53 bits per heavy atom. The van der Waals surface area contributed by atoms with Crippen molar-refractivity contribution in [2.75, 3.05) is 45.6 Å². The van der Waals surface area contributed by atoms with E-state index in [4.69, 9.17) is 4.74 Å². The molecule has 0 aromatic heterocycles. The third-order valence-corrected chi connectivity index (χ3v) is 5.43. The van der Waals surface area contributed by atoms with Gasteiger partial charge < -0.3 is 10.1 Å². The molecule has 2 rings (SSSR count). The third kappa shape index (κ3) is 5.02. The monoisotopic (exact) mass is 290 g/mol. The minimum atomic E-state index is -3.02. The molecule has 2 aliphatic heterocycles. The first-order valence-corrected chi connectivity index (χ1v) is 9.14. The molecule has 19 heavy (non-hydrogen) atoms. The molecule has 1 N–H and O–H groups in total. The minimum absolute atomic E-state index is 0.461. The van der Waals surface area contributed by atoms with Crippen LogP contribution in [-0.2, 0) is 14.8 Å². The van der Waals surface area contributed by atoms with Crippen LogP contribution in [0, 0.1) is 11.8 Å². The van der Waals surface area contributed by atoms with E-state index in [1.54, 1.807) is 4.31 Å². The highest BCUT2D eigenvalue weighted by atomic mass is 32.2. The Kier molecular flexibility index (Phi) is 5.62. The van der Waals surface area contributed by atoms with Crippen molar-refractivity contribution < 1.29 is 13.2 Å². The van der Waals surface area contributed by atoms with Crippen molar-refractivity contribution >= 4 is 10.0 Å². The normalized spacial score (nSPS) is 27.5. The van der Waals surface area contributed by atoms with Crippen LogP contribution in [0.1, 0.15) is 25.7 Å². The first-order valence-electron chi connectivity index (χ1n) is 7.29. The van der Waals surface area contributed by atoms with Crippen LogP contribution in [0.2, 0.25) is 0 Å². The molecule has 0 saturated carbocycles. The maximum absolute atomic E-state index is 11.5. The summed E-state index contributed by atoms with van der Waals surface area (Å²) in [6, 6.07) is 0. The Morgan fingerprint density at radius 1 is 1.16 bits per heavy atom. The van der Waals surface area contributed by atoms with Crippen LogP contribution in [0.5, 0.6) is 0 Å². The van der Waals surface area contributed by atoms with Crippen LogP contribution >= 0.6 is 0 Å². The summed E-state index contributed by atoms with van der Waals surface area (Å²) < 4.78 is 30.1. The zero-order chi connectivity index (χ0) is 13.7. The van der Waals surface area contributed by atoms with Gasteiger partial charge in [0.2, 0.25) is 10.0 Å². The molecule has 6 heteroatoms. The maximum atomic E-state index is 11.5. The van der Waals surface area contributed by atoms with Gasteiger partial charge in [0.05, 0.1) is 6.26 Å². The Hall–Kier alpha value is -0.170. The molecule has 0 aromatic rings. The van der Waals surface area contributed by atoms with Gasteiger partial charge in [-0.25, -0.2) is 12.7 Å². The van der Waals surface area contributed by atoms with Gasteiger partial charge in [-0.15, -0.1) is 0 Å². The summed E-state index contributed by atoms with van der Waals surface area (Å²) in [5.41, 5.74) is 0. The summed E-state index contributed by atoms with van der Waals surface area (Å²) in [5.74, 6) is 1.19. The quantitative estimate of drug-likeness (QED) is 0.809. The minimum Gasteiger partial charge on any atom is -0.381 e. The van der Waals surface area contributed by atoms with Crippen LogP contribution in [0.3, 0.4) is 0 Å². The molecule has 1 unspecified atom stereocenters. The fourth-order valence-electron chi connectivity index (χ4n) is 2.94. The van der Waals surface area contributed by atoms with E-state index >= 15 is 0 Å². The van der Waals surface area contributed by atoms with Crippen molar-refractivity contribution in [1.29, 1.82) is 0 Å². The van der Waals surface area contributed by atoms with E-state index in [9.17, 15) is 8.42 Å². The van der Waals surface area contributed by atoms with Gasteiger partial charge in [-0.3, -0.25) is 0 Å². The number of nitrogens with zero attached hydrogens (tertiary/aromatic N) is 1. The van der Waals surface area contributed by atoms with E-state index in [0.29, 0.717) is 19.0 Å². The van der Waals surface area contributed by atoms with E-state index < -0.39 is 10.0 Å². The molecule has 0 bridgehead atoms. The second-order valence-electron chi connectivity index (χ2n) is 5.84. The second-order valence-corrected chi connectivity index (χ2v) is 7.83. The highest BCUT2D eigenvalue weighted by molar-refractivity contribution is 7.88. The molecule has 0 aliphatic carbocycles. The summed E-state index contributed by atoms with van der Waals surface area (Å²) in [6.45, 7) is 5.12. The molecule has 2 aliphatic rings. The van der Waals surface area contributed by atoms with Gasteiger partial charge in [0.1, 0.15) is 0 Å². The second kappa shape index (κ2) is 7.02. The third-order valence-electron chi connectivity index (χ3n) is 4.16. The highest BCUT2D eigenvalue weighted by Gasteiger charge is 2.25. The summed E-state index contributed by atoms with van der Waals surface area (Å²) in [7, 11) is -3.02. The number of ether oxygens (including phenoxy) is 1. The van der Waals surface area contributed by atoms with Crippen LogP contribution in [0.4, 0.5) is 0 Å². The van der Waals surface area contributed by atoms with E-state index in [1.165, 1.54) is 6.26 Å². The number of piperidine rings is 1. The highest BCUT2D eigenvalue weighted by Crippen LogP contribution is 2.18. The Labute approximate surface area is 116 Å². The fraction of sp³-hybridized carbons (Fsp3) is 1.00. The van der Waals surface area contributed by atoms with Crippen molar-refractivity contribution in [1.82, 2.24) is 9.62 Å². The topological polar surface area (TPSA) is 58.6 Å². The lowest BCUT2D eigenvalue weighted by atomic mass is 9.98. The zero-order valence-electron chi connectivity index (χ0n) is 11.8. The van der Waals surface area contributed by atoms with Crippen molar-refractivity contribution in [3.8, 4) is 0 Å². The number of sulfonamides is 1. The van der Waals surface area contributed by atoms with Gasteiger partial charge in [0, 0.05) is 26.3 Å². The molecule has 5 nitrogen and oxygen atoms in total. The molecule has 2 fully saturated rings. The van der Waals surface area contributed by atoms with Crippen LogP contribution in [-0.4, -0.2) is 58.4 Å². The standard InChI is InChI=1S/C13H26N2O3S/c1-19(16,17)15-6-2-3-13(11-15)10-14-9-12-4-7-18-8-5-12/h12-14H,2-11H2,1H3. The van der Waals surface area contributed by atoms with Crippen molar-refractivity contribution in [3.05, 3.63) is 0 Å². The van der Waals surface area contributed by atoms with Crippen molar-refractivity contribution in [2.24, 2.45) is 11.8 Å². The molecule has 2 saturated heterocycles. The van der Waals surface area contributed by atoms with Gasteiger partial charge in [0.15, 0.2) is 0 Å². The number of nitrogens with one attached hydrogen (secondary N) is 1. The lowest BCUT2D eigenvalue weighted by Gasteiger charge is -2.31. The first kappa shape index (κ1) is 15.2. The smallest absolute Gasteiger partial charge is 0.211 e. The fourth-order valence-corrected chi connectivity index (χ4v) is 3.88. The number of rotatable bonds is 5. The molecule has 0 amide bonds. The van der Waals surface area contributed by atoms with Gasteiger partial charge in [-0.05, 0) is 50.6 Å². The Bertz CT molecular complexity index is 366. The maximum Gasteiger partial charge on any atom is 0.211 e. The predicted octanol–water partition coefficient (Wildman–Crippen LogP) is 0.674. The zero-order valence-corrected chi connectivity index (χ0v) is 12.6. The van der Waals surface area contributed by atoms with Crippen molar-refractivity contribution in [2.45, 2.75) is 25.7 Å². The lowest BCUT2D eigenvalue weighted by molar-refractivity contribution is 0.0658. The lowest BCUT2D eigenvalue weighted by Crippen LogP contribution is -2.43. The van der Waals surface area contributed by atoms with Crippen LogP contribution in [0.15, 0.2) is 0 Å². The predicted molar refractivity (Wildman–Crippen MR) is 75.6 cm³/mol. The summed E-state index contributed by atoms with van der Waals surface area (Å²) in [5, 5.41) is 3.52. The largest absolute Gasteiger partial charge is 0.381 e. The number of hydrogen-bond donors (Lipinski definition) is 1. The van der Waals surface area contributed by atoms with E-state index in [2.05, 4.69) is 5.32 Å². The SMILES string of the molecule is CS(=O)(=O)N1CCCC(CNCC2CCOCC2)C1. The summed E-state index contributed by atoms with van der Waals surface area (Å²) >= 11 is 0. The molecular formula is C13H26N2O3S. The van der Waals surface area contributed by atoms with Gasteiger partial charge in [0.25, 0.3) is 0 Å².